The molecule has 0 fully saturated rings. The highest BCUT2D eigenvalue weighted by atomic mass is 35.5. The molecule has 6 heteroatoms. The van der Waals surface area contributed by atoms with Crippen molar-refractivity contribution in [3.05, 3.63) is 87.7 Å². The van der Waals surface area contributed by atoms with Gasteiger partial charge in [0.1, 0.15) is 24.0 Å². The minimum absolute atomic E-state index is 0.0351. The summed E-state index contributed by atoms with van der Waals surface area (Å²) in [6, 6.07) is 19.3. The molecule has 1 N–H and O–H groups in total. The predicted octanol–water partition coefficient (Wildman–Crippen LogP) is 5.76. The number of nitrogens with zero attached hydrogens (tertiary/aromatic N) is 2. The van der Waals surface area contributed by atoms with E-state index in [4.69, 9.17) is 16.3 Å². The maximum atomic E-state index is 12.3. The Morgan fingerprint density at radius 3 is 2.41 bits per heavy atom. The van der Waals surface area contributed by atoms with Gasteiger partial charge in [0, 0.05) is 28.1 Å². The summed E-state index contributed by atoms with van der Waals surface area (Å²) in [5, 5.41) is 12.9. The molecule has 0 aliphatic carbocycles. The Morgan fingerprint density at radius 2 is 1.81 bits per heavy atom. The van der Waals surface area contributed by atoms with Crippen molar-refractivity contribution in [1.29, 1.82) is 5.26 Å². The van der Waals surface area contributed by atoms with E-state index < -0.39 is 0 Å². The molecule has 0 spiro atoms. The fourth-order valence-electron chi connectivity index (χ4n) is 3.41. The highest BCUT2D eigenvalue weighted by Gasteiger charge is 2.14. The molecular weight excluding hydrogens is 422 g/mol. The number of aromatic nitrogens is 1. The van der Waals surface area contributed by atoms with E-state index in [2.05, 4.69) is 9.88 Å². The number of aryl methyl sites for hydroxylation is 1. The van der Waals surface area contributed by atoms with Crippen LogP contribution in [0.5, 0.6) is 5.75 Å². The number of nitrogens with one attached hydrogen (secondary N) is 1. The number of nitriles is 1. The van der Waals surface area contributed by atoms with Crippen LogP contribution in [0.1, 0.15) is 36.4 Å². The van der Waals surface area contributed by atoms with Crippen LogP contribution in [0.15, 0.2) is 60.2 Å². The number of ether oxygens (including phenoxy) is 1. The van der Waals surface area contributed by atoms with E-state index in [1.54, 1.807) is 6.08 Å². The van der Waals surface area contributed by atoms with E-state index in [1.807, 2.05) is 88.4 Å². The lowest BCUT2D eigenvalue weighted by atomic mass is 10.1. The van der Waals surface area contributed by atoms with E-state index in [-0.39, 0.29) is 17.5 Å². The Labute approximate surface area is 193 Å². The Balaban J connectivity index is 1.79. The number of carbonyl (C=O) groups excluding carboxylic acids is 1. The molecule has 3 rings (SSSR count). The van der Waals surface area contributed by atoms with E-state index in [9.17, 15) is 10.1 Å². The van der Waals surface area contributed by atoms with Gasteiger partial charge in [-0.15, -0.1) is 0 Å². The van der Waals surface area contributed by atoms with Crippen LogP contribution in [0.25, 0.3) is 11.8 Å². The van der Waals surface area contributed by atoms with Crippen molar-refractivity contribution in [3.8, 4) is 17.5 Å². The van der Waals surface area contributed by atoms with Crippen molar-refractivity contribution in [2.75, 3.05) is 0 Å². The minimum Gasteiger partial charge on any atom is -0.489 e. The van der Waals surface area contributed by atoms with Gasteiger partial charge in [0.25, 0.3) is 5.91 Å². The van der Waals surface area contributed by atoms with Crippen LogP contribution in [0.2, 0.25) is 5.02 Å². The molecule has 0 atom stereocenters. The average Bonchev–Trinajstić information content (AvgIpc) is 3.04. The molecule has 0 unspecified atom stereocenters. The minimum atomic E-state index is -0.366. The average molecular weight is 448 g/mol. The molecule has 32 heavy (non-hydrogen) atoms. The third-order valence-electron chi connectivity index (χ3n) is 4.97. The highest BCUT2D eigenvalue weighted by molar-refractivity contribution is 6.30. The van der Waals surface area contributed by atoms with Crippen LogP contribution in [0, 0.1) is 25.2 Å². The molecule has 0 bridgehead atoms. The molecule has 0 saturated heterocycles. The normalized spacial score (nSPS) is 11.3. The molecule has 0 radical (unpaired) electrons. The number of carbonyl (C=O) groups is 1. The Hall–Kier alpha value is -3.49. The lowest BCUT2D eigenvalue weighted by molar-refractivity contribution is -0.117. The third-order valence-corrected chi connectivity index (χ3v) is 5.22. The summed E-state index contributed by atoms with van der Waals surface area (Å²) in [6.45, 7) is 8.15. The van der Waals surface area contributed by atoms with Crippen molar-refractivity contribution in [2.24, 2.45) is 0 Å². The van der Waals surface area contributed by atoms with Crippen molar-refractivity contribution in [1.82, 2.24) is 9.88 Å². The summed E-state index contributed by atoms with van der Waals surface area (Å²) in [6.07, 6.45) is 1.64. The smallest absolute Gasteiger partial charge is 0.262 e. The quantitative estimate of drug-likeness (QED) is 0.370. The number of rotatable bonds is 7. The van der Waals surface area contributed by atoms with Gasteiger partial charge in [-0.3, -0.25) is 4.79 Å². The zero-order valence-electron chi connectivity index (χ0n) is 18.6. The van der Waals surface area contributed by atoms with Gasteiger partial charge < -0.3 is 14.6 Å². The summed E-state index contributed by atoms with van der Waals surface area (Å²) in [7, 11) is 0. The molecule has 1 amide bonds. The maximum absolute atomic E-state index is 12.3. The molecular formula is C26H26ClN3O2. The van der Waals surface area contributed by atoms with Gasteiger partial charge in [-0.05, 0) is 87.4 Å². The second-order valence-corrected chi connectivity index (χ2v) is 8.31. The summed E-state index contributed by atoms with van der Waals surface area (Å²) in [4.78, 5) is 12.3. The molecule has 0 aliphatic rings. The Bertz CT molecular complexity index is 1170. The first-order valence-electron chi connectivity index (χ1n) is 10.4. The predicted molar refractivity (Wildman–Crippen MR) is 128 cm³/mol. The van der Waals surface area contributed by atoms with Gasteiger partial charge >= 0.3 is 0 Å². The standard InChI is InChI=1S/C26H26ClN3O2/c1-17(2)29-26(31)22(15-28)14-21-13-18(3)30(19(21)4)24-9-11-25(12-10-24)32-16-20-5-7-23(27)8-6-20/h5-14,17H,16H2,1-4H3,(H,29,31)/b22-14-. The van der Waals surface area contributed by atoms with Gasteiger partial charge in [-0.1, -0.05) is 23.7 Å². The summed E-state index contributed by atoms with van der Waals surface area (Å²) in [5.41, 5.74) is 4.89. The zero-order chi connectivity index (χ0) is 23.3. The first kappa shape index (κ1) is 23.2. The number of hydrogen-bond donors (Lipinski definition) is 1. The van der Waals surface area contributed by atoms with Crippen LogP contribution in [0.3, 0.4) is 0 Å². The third kappa shape index (κ3) is 5.60. The number of amides is 1. The largest absolute Gasteiger partial charge is 0.489 e. The Morgan fingerprint density at radius 1 is 1.16 bits per heavy atom. The van der Waals surface area contributed by atoms with Gasteiger partial charge in [0.2, 0.25) is 0 Å². The lowest BCUT2D eigenvalue weighted by Gasteiger charge is -2.12. The van der Waals surface area contributed by atoms with Crippen LogP contribution in [0.4, 0.5) is 0 Å². The molecule has 1 heterocycles. The van der Waals surface area contributed by atoms with Crippen molar-refractivity contribution in [2.45, 2.75) is 40.3 Å². The molecule has 1 aromatic heterocycles. The number of hydrogen-bond acceptors (Lipinski definition) is 3. The first-order chi connectivity index (χ1) is 15.3. The monoisotopic (exact) mass is 447 g/mol. The molecule has 0 aliphatic heterocycles. The van der Waals surface area contributed by atoms with E-state index >= 15 is 0 Å². The fraction of sp³-hybridized carbons (Fsp3) is 0.231. The van der Waals surface area contributed by atoms with Crippen molar-refractivity contribution < 1.29 is 9.53 Å². The van der Waals surface area contributed by atoms with Gasteiger partial charge in [-0.2, -0.15) is 5.26 Å². The van der Waals surface area contributed by atoms with E-state index in [1.165, 1.54) is 0 Å². The van der Waals surface area contributed by atoms with E-state index in [0.29, 0.717) is 11.6 Å². The zero-order valence-corrected chi connectivity index (χ0v) is 19.4. The van der Waals surface area contributed by atoms with Crippen molar-refractivity contribution in [3.63, 3.8) is 0 Å². The summed E-state index contributed by atoms with van der Waals surface area (Å²) < 4.78 is 7.96. The van der Waals surface area contributed by atoms with Crippen LogP contribution >= 0.6 is 11.6 Å². The number of benzene rings is 2. The van der Waals surface area contributed by atoms with Gasteiger partial charge in [0.05, 0.1) is 0 Å². The molecule has 2 aromatic carbocycles. The molecule has 164 valence electrons. The highest BCUT2D eigenvalue weighted by Crippen LogP contribution is 2.25. The second kappa shape index (κ2) is 10.2. The first-order valence-corrected chi connectivity index (χ1v) is 10.8. The van der Waals surface area contributed by atoms with Crippen LogP contribution < -0.4 is 10.1 Å². The van der Waals surface area contributed by atoms with Gasteiger partial charge in [0.15, 0.2) is 0 Å². The lowest BCUT2D eigenvalue weighted by Crippen LogP contribution is -2.30. The van der Waals surface area contributed by atoms with Crippen LogP contribution in [-0.4, -0.2) is 16.5 Å². The molecule has 5 nitrogen and oxygen atoms in total. The van der Waals surface area contributed by atoms with Crippen LogP contribution in [-0.2, 0) is 11.4 Å². The van der Waals surface area contributed by atoms with E-state index in [0.717, 1.165) is 34.0 Å². The molecule has 0 saturated carbocycles. The SMILES string of the molecule is Cc1cc(/C=C(/C#N)C(=O)NC(C)C)c(C)n1-c1ccc(OCc2ccc(Cl)cc2)cc1. The summed E-state index contributed by atoms with van der Waals surface area (Å²) >= 11 is 5.92. The fourth-order valence-corrected chi connectivity index (χ4v) is 3.54. The van der Waals surface area contributed by atoms with Gasteiger partial charge in [-0.25, -0.2) is 0 Å². The topological polar surface area (TPSA) is 67.0 Å². The summed E-state index contributed by atoms with van der Waals surface area (Å²) in [5.74, 6) is 0.401. The molecule has 3 aromatic rings. The van der Waals surface area contributed by atoms with Crippen molar-refractivity contribution >= 4 is 23.6 Å². The number of halogens is 1. The second-order valence-electron chi connectivity index (χ2n) is 7.87. The Kier molecular flexibility index (Phi) is 7.40. The maximum Gasteiger partial charge on any atom is 0.262 e.